The number of rotatable bonds is 3. The third-order valence-corrected chi connectivity index (χ3v) is 4.95. The van der Waals surface area contributed by atoms with Crippen LogP contribution in [0.5, 0.6) is 0 Å². The molecule has 0 heterocycles. The van der Waals surface area contributed by atoms with E-state index in [1.54, 1.807) is 6.26 Å². The summed E-state index contributed by atoms with van der Waals surface area (Å²) in [6.07, 6.45) is 6.20. The maximum Gasteiger partial charge on any atom is 0.152 e. The van der Waals surface area contributed by atoms with Gasteiger partial charge in [0.1, 0.15) is 6.26 Å². The predicted molar refractivity (Wildman–Crippen MR) is 95.9 cm³/mol. The molecular formula is C20H20OS. The Balaban J connectivity index is 2.01. The zero-order valence-electron chi connectivity index (χ0n) is 13.2. The van der Waals surface area contributed by atoms with Gasteiger partial charge in [0, 0.05) is 0 Å². The maximum absolute atomic E-state index is 11.5. The Hall–Kier alpha value is -1.77. The van der Waals surface area contributed by atoms with Crippen molar-refractivity contribution in [1.29, 1.82) is 0 Å². The van der Waals surface area contributed by atoms with Gasteiger partial charge in [-0.05, 0) is 75.3 Å². The van der Waals surface area contributed by atoms with Gasteiger partial charge in [0.2, 0.25) is 0 Å². The summed E-state index contributed by atoms with van der Waals surface area (Å²) < 4.78 is 11.5. The van der Waals surface area contributed by atoms with E-state index in [-0.39, 0.29) is 0 Å². The van der Waals surface area contributed by atoms with Crippen molar-refractivity contribution in [2.24, 2.45) is 5.92 Å². The van der Waals surface area contributed by atoms with E-state index in [1.165, 1.54) is 22.3 Å². The highest BCUT2D eigenvalue weighted by Gasteiger charge is 2.19. The molecule has 1 nitrogen and oxygen atoms in total. The van der Waals surface area contributed by atoms with Crippen LogP contribution in [0.4, 0.5) is 0 Å². The average Bonchev–Trinajstić information content (AvgIpc) is 2.87. The summed E-state index contributed by atoms with van der Waals surface area (Å²) in [6, 6.07) is 16.5. The summed E-state index contributed by atoms with van der Waals surface area (Å²) >= 11 is -0.922. The smallest absolute Gasteiger partial charge is 0.152 e. The van der Waals surface area contributed by atoms with E-state index in [0.29, 0.717) is 5.92 Å². The fourth-order valence-electron chi connectivity index (χ4n) is 2.84. The van der Waals surface area contributed by atoms with E-state index in [0.717, 1.165) is 10.5 Å². The van der Waals surface area contributed by atoms with E-state index in [4.69, 9.17) is 0 Å². The van der Waals surface area contributed by atoms with Gasteiger partial charge in [-0.3, -0.25) is 0 Å². The number of benzene rings is 2. The first-order valence-corrected chi connectivity index (χ1v) is 9.08. The van der Waals surface area contributed by atoms with Gasteiger partial charge in [0.15, 0.2) is 4.90 Å². The zero-order valence-corrected chi connectivity index (χ0v) is 14.0. The molecule has 1 atom stereocenters. The van der Waals surface area contributed by atoms with Crippen molar-refractivity contribution >= 4 is 28.4 Å². The molecule has 0 radical (unpaired) electrons. The van der Waals surface area contributed by atoms with E-state index in [2.05, 4.69) is 50.3 Å². The van der Waals surface area contributed by atoms with Gasteiger partial charge < -0.3 is 4.55 Å². The quantitative estimate of drug-likeness (QED) is 0.730. The Labute approximate surface area is 135 Å². The van der Waals surface area contributed by atoms with Gasteiger partial charge in [-0.1, -0.05) is 44.2 Å². The SMILES string of the molecule is CC(C)C1=C/C(=C/c2ccc([S+](C)[O-])cc2)c2ccccc21. The molecule has 2 aromatic carbocycles. The first kappa shape index (κ1) is 15.1. The van der Waals surface area contributed by atoms with Crippen molar-refractivity contribution in [3.8, 4) is 0 Å². The standard InChI is InChI=1S/C20H20OS/c1-14(2)20-13-16(18-6-4-5-7-19(18)20)12-15-8-10-17(11-9-15)22(3)21/h4-14H,1-3H3/b16-12-. The lowest BCUT2D eigenvalue weighted by atomic mass is 9.97. The molecule has 3 rings (SSSR count). The highest BCUT2D eigenvalue weighted by atomic mass is 32.2. The summed E-state index contributed by atoms with van der Waals surface area (Å²) in [5, 5.41) is 0. The molecule has 0 spiro atoms. The molecule has 0 fully saturated rings. The highest BCUT2D eigenvalue weighted by molar-refractivity contribution is 7.90. The Bertz CT molecular complexity index is 737. The minimum absolute atomic E-state index is 0.511. The van der Waals surface area contributed by atoms with Crippen LogP contribution in [-0.2, 0) is 11.2 Å². The van der Waals surface area contributed by atoms with Crippen molar-refractivity contribution in [3.05, 3.63) is 71.3 Å². The molecular weight excluding hydrogens is 288 g/mol. The first-order chi connectivity index (χ1) is 10.6. The molecule has 0 saturated heterocycles. The molecule has 112 valence electrons. The molecule has 0 N–H and O–H groups in total. The molecule has 0 aromatic heterocycles. The second-order valence-electron chi connectivity index (χ2n) is 5.92. The normalized spacial score (nSPS) is 16.8. The lowest BCUT2D eigenvalue weighted by molar-refractivity contribution is 0.601. The largest absolute Gasteiger partial charge is 0.612 e. The fraction of sp³-hybridized carbons (Fsp3) is 0.200. The molecule has 1 unspecified atom stereocenters. The van der Waals surface area contributed by atoms with Gasteiger partial charge in [-0.25, -0.2) is 0 Å². The van der Waals surface area contributed by atoms with Crippen LogP contribution in [0, 0.1) is 5.92 Å². The van der Waals surface area contributed by atoms with E-state index >= 15 is 0 Å². The van der Waals surface area contributed by atoms with E-state index < -0.39 is 11.2 Å². The minimum Gasteiger partial charge on any atom is -0.612 e. The van der Waals surface area contributed by atoms with Crippen molar-refractivity contribution in [2.75, 3.05) is 6.26 Å². The Kier molecular flexibility index (Phi) is 4.23. The van der Waals surface area contributed by atoms with E-state index in [9.17, 15) is 4.55 Å². The average molecular weight is 308 g/mol. The second kappa shape index (κ2) is 6.15. The highest BCUT2D eigenvalue weighted by Crippen LogP contribution is 2.39. The summed E-state index contributed by atoms with van der Waals surface area (Å²) in [5.74, 6) is 0.511. The van der Waals surface area contributed by atoms with Crippen LogP contribution in [0.3, 0.4) is 0 Å². The van der Waals surface area contributed by atoms with Gasteiger partial charge >= 0.3 is 0 Å². The van der Waals surface area contributed by atoms with Crippen LogP contribution in [0.25, 0.3) is 17.2 Å². The van der Waals surface area contributed by atoms with Crippen LogP contribution < -0.4 is 0 Å². The number of hydrogen-bond acceptors (Lipinski definition) is 1. The van der Waals surface area contributed by atoms with Crippen molar-refractivity contribution in [2.45, 2.75) is 18.7 Å². The zero-order chi connectivity index (χ0) is 15.7. The first-order valence-electron chi connectivity index (χ1n) is 7.53. The third kappa shape index (κ3) is 2.90. The Morgan fingerprint density at radius 1 is 0.955 bits per heavy atom. The van der Waals surface area contributed by atoms with Crippen LogP contribution >= 0.6 is 0 Å². The molecule has 2 aromatic rings. The van der Waals surface area contributed by atoms with Gasteiger partial charge in [0.25, 0.3) is 0 Å². The van der Waals surface area contributed by atoms with Gasteiger partial charge in [-0.2, -0.15) is 0 Å². The van der Waals surface area contributed by atoms with Crippen LogP contribution in [0.2, 0.25) is 0 Å². The minimum atomic E-state index is -0.922. The van der Waals surface area contributed by atoms with Gasteiger partial charge in [-0.15, -0.1) is 0 Å². The van der Waals surface area contributed by atoms with Gasteiger partial charge in [0.05, 0.1) is 0 Å². The lowest BCUT2D eigenvalue weighted by Crippen LogP contribution is -1.96. The topological polar surface area (TPSA) is 23.1 Å². The summed E-state index contributed by atoms with van der Waals surface area (Å²) in [5.41, 5.74) is 6.43. The Morgan fingerprint density at radius 2 is 1.59 bits per heavy atom. The molecule has 1 aliphatic rings. The van der Waals surface area contributed by atoms with E-state index in [1.807, 2.05) is 24.3 Å². The molecule has 0 bridgehead atoms. The molecule has 1 aliphatic carbocycles. The van der Waals surface area contributed by atoms with Crippen LogP contribution in [-0.4, -0.2) is 10.8 Å². The molecule has 0 saturated carbocycles. The van der Waals surface area contributed by atoms with Crippen molar-refractivity contribution in [1.82, 2.24) is 0 Å². The molecule has 0 aliphatic heterocycles. The fourth-order valence-corrected chi connectivity index (χ4v) is 3.36. The molecule has 22 heavy (non-hydrogen) atoms. The Morgan fingerprint density at radius 3 is 2.18 bits per heavy atom. The lowest BCUT2D eigenvalue weighted by Gasteiger charge is -2.08. The maximum atomic E-state index is 11.5. The third-order valence-electron chi connectivity index (χ3n) is 4.02. The number of allylic oxidation sites excluding steroid dienone is 3. The molecule has 2 heteroatoms. The van der Waals surface area contributed by atoms with Crippen LogP contribution in [0.15, 0.2) is 59.5 Å². The molecule has 0 amide bonds. The predicted octanol–water partition coefficient (Wildman–Crippen LogP) is 5.02. The summed E-state index contributed by atoms with van der Waals surface area (Å²) in [6.45, 7) is 4.47. The number of hydrogen-bond donors (Lipinski definition) is 0. The summed E-state index contributed by atoms with van der Waals surface area (Å²) in [4.78, 5) is 0.868. The monoisotopic (exact) mass is 308 g/mol. The second-order valence-corrected chi connectivity index (χ2v) is 7.30. The van der Waals surface area contributed by atoms with Crippen molar-refractivity contribution in [3.63, 3.8) is 0 Å². The summed E-state index contributed by atoms with van der Waals surface area (Å²) in [7, 11) is 0. The van der Waals surface area contributed by atoms with Crippen LogP contribution in [0.1, 0.15) is 30.5 Å². The van der Waals surface area contributed by atoms with Crippen molar-refractivity contribution < 1.29 is 4.55 Å². The number of fused-ring (bicyclic) bond motifs is 1.